The van der Waals surface area contributed by atoms with Gasteiger partial charge in [0.15, 0.2) is 11.6 Å². The predicted molar refractivity (Wildman–Crippen MR) is 80.5 cm³/mol. The minimum absolute atomic E-state index is 0.294. The normalized spacial score (nSPS) is 10.4. The molecule has 0 atom stereocenters. The highest BCUT2D eigenvalue weighted by Crippen LogP contribution is 2.19. The summed E-state index contributed by atoms with van der Waals surface area (Å²) in [4.78, 5) is 24.8. The zero-order valence-electron chi connectivity index (χ0n) is 12.0. The van der Waals surface area contributed by atoms with Gasteiger partial charge in [0.2, 0.25) is 0 Å². The van der Waals surface area contributed by atoms with Crippen LogP contribution in [0.3, 0.4) is 0 Å². The first-order chi connectivity index (χ1) is 10.8. The highest BCUT2D eigenvalue weighted by atomic mass is 16.5. The number of benzene rings is 1. The van der Waals surface area contributed by atoms with Gasteiger partial charge in [0, 0.05) is 24.2 Å². The van der Waals surface area contributed by atoms with Gasteiger partial charge in [-0.1, -0.05) is 30.3 Å². The van der Waals surface area contributed by atoms with Gasteiger partial charge >= 0.3 is 5.97 Å². The van der Waals surface area contributed by atoms with Crippen LogP contribution in [0.4, 0.5) is 0 Å². The Morgan fingerprint density at radius 1 is 1.27 bits per heavy atom. The first-order valence-corrected chi connectivity index (χ1v) is 6.87. The Morgan fingerprint density at radius 3 is 2.77 bits per heavy atom. The van der Waals surface area contributed by atoms with Crippen molar-refractivity contribution >= 4 is 5.97 Å². The Bertz CT molecular complexity index is 770. The van der Waals surface area contributed by atoms with E-state index in [-0.39, 0.29) is 0 Å². The van der Waals surface area contributed by atoms with Crippen molar-refractivity contribution < 1.29 is 9.53 Å². The summed E-state index contributed by atoms with van der Waals surface area (Å²) < 4.78 is 6.73. The van der Waals surface area contributed by atoms with Gasteiger partial charge in [-0.25, -0.2) is 19.7 Å². The molecule has 0 radical (unpaired) electrons. The summed E-state index contributed by atoms with van der Waals surface area (Å²) in [6.07, 6.45) is 6.42. The quantitative estimate of drug-likeness (QED) is 0.691. The first kappa shape index (κ1) is 13.9. The van der Waals surface area contributed by atoms with E-state index in [1.807, 2.05) is 30.3 Å². The third-order valence-corrected chi connectivity index (χ3v) is 3.04. The molecule has 3 aromatic rings. The lowest BCUT2D eigenvalue weighted by molar-refractivity contribution is 0.0525. The van der Waals surface area contributed by atoms with Crippen LogP contribution in [-0.4, -0.2) is 32.1 Å². The molecule has 0 spiro atoms. The average molecular weight is 294 g/mol. The molecule has 0 aliphatic heterocycles. The molecule has 0 saturated heterocycles. The van der Waals surface area contributed by atoms with E-state index in [2.05, 4.69) is 15.0 Å². The van der Waals surface area contributed by atoms with Crippen molar-refractivity contribution in [2.75, 3.05) is 6.61 Å². The van der Waals surface area contributed by atoms with Crippen molar-refractivity contribution in [3.8, 4) is 17.2 Å². The summed E-state index contributed by atoms with van der Waals surface area (Å²) in [6.45, 7) is 2.05. The van der Waals surface area contributed by atoms with Crippen LogP contribution in [0, 0.1) is 0 Å². The molecule has 0 saturated carbocycles. The number of carbonyl (C=O) groups is 1. The fourth-order valence-corrected chi connectivity index (χ4v) is 2.03. The SMILES string of the molecule is CCOC(=O)c1cnc(-c2ccccc2)nc1-n1ccnc1. The zero-order valence-corrected chi connectivity index (χ0v) is 12.0. The molecule has 0 aliphatic carbocycles. The van der Waals surface area contributed by atoms with Gasteiger partial charge in [0.25, 0.3) is 0 Å². The van der Waals surface area contributed by atoms with E-state index < -0.39 is 5.97 Å². The van der Waals surface area contributed by atoms with Crippen LogP contribution in [-0.2, 0) is 4.74 Å². The van der Waals surface area contributed by atoms with E-state index in [0.717, 1.165) is 5.56 Å². The zero-order chi connectivity index (χ0) is 15.4. The Labute approximate surface area is 127 Å². The van der Waals surface area contributed by atoms with Crippen LogP contribution in [0.5, 0.6) is 0 Å². The second-order valence-electron chi connectivity index (χ2n) is 4.49. The van der Waals surface area contributed by atoms with Gasteiger partial charge < -0.3 is 4.74 Å². The summed E-state index contributed by atoms with van der Waals surface area (Å²) in [7, 11) is 0. The molecule has 3 rings (SSSR count). The predicted octanol–water partition coefficient (Wildman–Crippen LogP) is 2.51. The van der Waals surface area contributed by atoms with Crippen LogP contribution >= 0.6 is 0 Å². The Balaban J connectivity index is 2.11. The number of imidazole rings is 1. The maximum Gasteiger partial charge on any atom is 0.343 e. The van der Waals surface area contributed by atoms with Crippen molar-refractivity contribution in [1.29, 1.82) is 0 Å². The summed E-state index contributed by atoms with van der Waals surface area (Å²) in [6, 6.07) is 9.57. The number of aromatic nitrogens is 4. The average Bonchev–Trinajstić information content (AvgIpc) is 3.10. The van der Waals surface area contributed by atoms with Gasteiger partial charge in [-0.05, 0) is 6.92 Å². The van der Waals surface area contributed by atoms with Gasteiger partial charge in [0.1, 0.15) is 11.9 Å². The first-order valence-electron chi connectivity index (χ1n) is 6.87. The minimum atomic E-state index is -0.453. The molecule has 2 aromatic heterocycles. The van der Waals surface area contributed by atoms with Crippen molar-refractivity contribution in [3.63, 3.8) is 0 Å². The van der Waals surface area contributed by atoms with Gasteiger partial charge in [0.05, 0.1) is 6.61 Å². The molecule has 0 aliphatic rings. The van der Waals surface area contributed by atoms with E-state index in [1.165, 1.54) is 6.20 Å². The summed E-state index contributed by atoms with van der Waals surface area (Å²) in [5, 5.41) is 0. The summed E-state index contributed by atoms with van der Waals surface area (Å²) in [5.74, 6) is 0.535. The van der Waals surface area contributed by atoms with Gasteiger partial charge in [-0.15, -0.1) is 0 Å². The molecule has 0 unspecified atom stereocenters. The van der Waals surface area contributed by atoms with Crippen molar-refractivity contribution in [3.05, 3.63) is 60.8 Å². The van der Waals surface area contributed by atoms with Gasteiger partial charge in [-0.2, -0.15) is 0 Å². The number of ether oxygens (including phenoxy) is 1. The van der Waals surface area contributed by atoms with Crippen LogP contribution in [0.15, 0.2) is 55.2 Å². The molecular formula is C16H14N4O2. The van der Waals surface area contributed by atoms with Crippen LogP contribution < -0.4 is 0 Å². The Morgan fingerprint density at radius 2 is 2.09 bits per heavy atom. The fourth-order valence-electron chi connectivity index (χ4n) is 2.03. The molecular weight excluding hydrogens is 280 g/mol. The van der Waals surface area contributed by atoms with Crippen molar-refractivity contribution in [1.82, 2.24) is 19.5 Å². The number of rotatable bonds is 4. The van der Waals surface area contributed by atoms with E-state index >= 15 is 0 Å². The van der Waals surface area contributed by atoms with Crippen molar-refractivity contribution in [2.24, 2.45) is 0 Å². The monoisotopic (exact) mass is 294 g/mol. The van der Waals surface area contributed by atoms with E-state index in [9.17, 15) is 4.79 Å². The van der Waals surface area contributed by atoms with Crippen molar-refractivity contribution in [2.45, 2.75) is 6.92 Å². The number of hydrogen-bond acceptors (Lipinski definition) is 5. The topological polar surface area (TPSA) is 69.9 Å². The largest absolute Gasteiger partial charge is 0.462 e. The Kier molecular flexibility index (Phi) is 3.91. The smallest absolute Gasteiger partial charge is 0.343 e. The second kappa shape index (κ2) is 6.17. The van der Waals surface area contributed by atoms with Crippen LogP contribution in [0.25, 0.3) is 17.2 Å². The molecule has 110 valence electrons. The molecule has 0 bridgehead atoms. The molecule has 0 N–H and O–H groups in total. The molecule has 0 fully saturated rings. The highest BCUT2D eigenvalue weighted by molar-refractivity contribution is 5.92. The molecule has 22 heavy (non-hydrogen) atoms. The molecule has 0 amide bonds. The van der Waals surface area contributed by atoms with E-state index in [4.69, 9.17) is 4.74 Å². The maximum atomic E-state index is 12.1. The third-order valence-electron chi connectivity index (χ3n) is 3.04. The fraction of sp³-hybridized carbons (Fsp3) is 0.125. The third kappa shape index (κ3) is 2.71. The van der Waals surface area contributed by atoms with E-state index in [0.29, 0.717) is 23.8 Å². The number of nitrogens with zero attached hydrogens (tertiary/aromatic N) is 4. The standard InChI is InChI=1S/C16H14N4O2/c1-2-22-16(21)13-10-18-14(12-6-4-3-5-7-12)19-15(13)20-9-8-17-11-20/h3-11H,2H2,1H3. The number of esters is 1. The van der Waals surface area contributed by atoms with E-state index in [1.54, 1.807) is 30.2 Å². The number of carbonyl (C=O) groups excluding carboxylic acids is 1. The molecule has 2 heterocycles. The van der Waals surface area contributed by atoms with Crippen LogP contribution in [0.2, 0.25) is 0 Å². The molecule has 6 nitrogen and oxygen atoms in total. The maximum absolute atomic E-state index is 12.1. The summed E-state index contributed by atoms with van der Waals surface area (Å²) in [5.41, 5.74) is 1.18. The minimum Gasteiger partial charge on any atom is -0.462 e. The van der Waals surface area contributed by atoms with Crippen LogP contribution in [0.1, 0.15) is 17.3 Å². The highest BCUT2D eigenvalue weighted by Gasteiger charge is 2.17. The number of hydrogen-bond donors (Lipinski definition) is 0. The lowest BCUT2D eigenvalue weighted by Gasteiger charge is -2.10. The second-order valence-corrected chi connectivity index (χ2v) is 4.49. The lowest BCUT2D eigenvalue weighted by atomic mass is 10.2. The van der Waals surface area contributed by atoms with Gasteiger partial charge in [-0.3, -0.25) is 4.57 Å². The molecule has 1 aromatic carbocycles. The molecule has 6 heteroatoms. The summed E-state index contributed by atoms with van der Waals surface area (Å²) >= 11 is 0. The Hall–Kier alpha value is -3.02. The lowest BCUT2D eigenvalue weighted by Crippen LogP contribution is -2.12.